The van der Waals surface area contributed by atoms with Crippen molar-refractivity contribution in [3.8, 4) is 0 Å². The van der Waals surface area contributed by atoms with Crippen molar-refractivity contribution >= 4 is 23.2 Å². The van der Waals surface area contributed by atoms with Crippen LogP contribution in [0.15, 0.2) is 48.5 Å². The molecule has 0 aromatic heterocycles. The molecule has 2 fully saturated rings. The van der Waals surface area contributed by atoms with Crippen LogP contribution in [0.5, 0.6) is 0 Å². The number of quaternary nitrogens is 1. The van der Waals surface area contributed by atoms with Crippen molar-refractivity contribution in [2.45, 2.75) is 18.6 Å². The van der Waals surface area contributed by atoms with Crippen LogP contribution in [0.1, 0.15) is 12.0 Å². The number of piperazine rings is 1. The molecule has 0 spiro atoms. The number of nitrogens with one attached hydrogen (secondary N) is 1. The van der Waals surface area contributed by atoms with Crippen molar-refractivity contribution < 1.29 is 32.1 Å². The van der Waals surface area contributed by atoms with Crippen LogP contribution in [0.4, 0.5) is 28.9 Å². The predicted octanol–water partition coefficient (Wildman–Crippen LogP) is 1.88. The zero-order chi connectivity index (χ0) is 21.5. The van der Waals surface area contributed by atoms with Crippen LogP contribution >= 0.6 is 0 Å². The highest BCUT2D eigenvalue weighted by atomic mass is 19.4. The van der Waals surface area contributed by atoms with Crippen LogP contribution in [0.3, 0.4) is 0 Å². The molecule has 1 N–H and O–H groups in total. The molecule has 2 aromatic rings. The van der Waals surface area contributed by atoms with Gasteiger partial charge in [0.15, 0.2) is 6.04 Å². The number of rotatable bonds is 3. The Bertz CT molecular complexity index is 971. The molecule has 9 heteroatoms. The maximum Gasteiger partial charge on any atom is 0.416 e. The molecule has 0 saturated carbocycles. The fraction of sp³-hybridized carbons (Fsp3) is 0.333. The Hall–Kier alpha value is -2.94. The molecule has 0 aliphatic carbocycles. The Morgan fingerprint density at radius 2 is 1.67 bits per heavy atom. The van der Waals surface area contributed by atoms with E-state index in [2.05, 4.69) is 0 Å². The van der Waals surface area contributed by atoms with Gasteiger partial charge in [0.2, 0.25) is 5.91 Å². The first-order chi connectivity index (χ1) is 14.3. The molecule has 1 atom stereocenters. The molecule has 2 aliphatic heterocycles. The van der Waals surface area contributed by atoms with Crippen LogP contribution in [0, 0.1) is 5.82 Å². The lowest BCUT2D eigenvalue weighted by molar-refractivity contribution is -0.915. The normalized spacial score (nSPS) is 20.9. The van der Waals surface area contributed by atoms with Crippen LogP contribution in [0.25, 0.3) is 0 Å². The van der Waals surface area contributed by atoms with Gasteiger partial charge in [-0.05, 0) is 30.3 Å². The lowest BCUT2D eigenvalue weighted by Crippen LogP contribution is -3.19. The van der Waals surface area contributed by atoms with Crippen molar-refractivity contribution in [2.24, 2.45) is 0 Å². The Morgan fingerprint density at radius 1 is 0.967 bits per heavy atom. The van der Waals surface area contributed by atoms with Gasteiger partial charge in [0.25, 0.3) is 5.91 Å². The highest BCUT2D eigenvalue weighted by molar-refractivity contribution is 6.21. The average Bonchev–Trinajstić information content (AvgIpc) is 3.02. The highest BCUT2D eigenvalue weighted by Gasteiger charge is 2.47. The minimum Gasteiger partial charge on any atom is -0.358 e. The molecule has 5 nitrogen and oxygen atoms in total. The Morgan fingerprint density at radius 3 is 2.33 bits per heavy atom. The number of hydrogen-bond acceptors (Lipinski definition) is 3. The van der Waals surface area contributed by atoms with Crippen LogP contribution in [0.2, 0.25) is 0 Å². The van der Waals surface area contributed by atoms with E-state index in [1.165, 1.54) is 18.2 Å². The van der Waals surface area contributed by atoms with Gasteiger partial charge in [0, 0.05) is 0 Å². The molecule has 158 valence electrons. The first-order valence-corrected chi connectivity index (χ1v) is 9.64. The number of halogens is 4. The third-order valence-corrected chi connectivity index (χ3v) is 5.67. The van der Waals surface area contributed by atoms with Gasteiger partial charge in [-0.2, -0.15) is 13.2 Å². The predicted molar refractivity (Wildman–Crippen MR) is 102 cm³/mol. The molecule has 2 aromatic carbocycles. The number of carbonyl (C=O) groups is 2. The lowest BCUT2D eigenvalue weighted by Gasteiger charge is -2.35. The molecule has 4 rings (SSSR count). The minimum atomic E-state index is -4.56. The number of benzene rings is 2. The van der Waals surface area contributed by atoms with E-state index in [0.717, 1.165) is 21.9 Å². The number of imide groups is 1. The van der Waals surface area contributed by atoms with E-state index >= 15 is 0 Å². The molecule has 2 aliphatic rings. The quantitative estimate of drug-likeness (QED) is 0.607. The molecular weight excluding hydrogens is 402 g/mol. The first kappa shape index (κ1) is 20.3. The lowest BCUT2D eigenvalue weighted by atomic mass is 10.1. The molecule has 2 heterocycles. The Labute approximate surface area is 170 Å². The summed E-state index contributed by atoms with van der Waals surface area (Å²) in [5, 5.41) is 0. The molecule has 0 bridgehead atoms. The Kier molecular flexibility index (Phi) is 5.23. The maximum atomic E-state index is 14.0. The van der Waals surface area contributed by atoms with Crippen LogP contribution < -0.4 is 14.7 Å². The fourth-order valence-corrected chi connectivity index (χ4v) is 4.13. The van der Waals surface area contributed by atoms with E-state index in [1.54, 1.807) is 18.2 Å². The summed E-state index contributed by atoms with van der Waals surface area (Å²) < 4.78 is 53.0. The van der Waals surface area contributed by atoms with Gasteiger partial charge >= 0.3 is 6.18 Å². The SMILES string of the molecule is O=C1C[C@H]([NH+]2CCN(c3ccccc3F)CC2)C(=O)N1c1cccc(C(F)(F)F)c1. The average molecular weight is 422 g/mol. The van der Waals surface area contributed by atoms with E-state index in [4.69, 9.17) is 0 Å². The second-order valence-electron chi connectivity index (χ2n) is 7.47. The minimum absolute atomic E-state index is 0.0515. The van der Waals surface area contributed by atoms with E-state index in [9.17, 15) is 27.2 Å². The smallest absolute Gasteiger partial charge is 0.358 e. The highest BCUT2D eigenvalue weighted by Crippen LogP contribution is 2.33. The monoisotopic (exact) mass is 422 g/mol. The van der Waals surface area contributed by atoms with Crippen LogP contribution in [-0.2, 0) is 15.8 Å². The third-order valence-electron chi connectivity index (χ3n) is 5.67. The molecule has 0 radical (unpaired) electrons. The van der Waals surface area contributed by atoms with Crippen molar-refractivity contribution in [1.82, 2.24) is 0 Å². The van der Waals surface area contributed by atoms with Crippen molar-refractivity contribution in [2.75, 3.05) is 36.0 Å². The summed E-state index contributed by atoms with van der Waals surface area (Å²) in [6.45, 7) is 2.07. The second kappa shape index (κ2) is 7.71. The summed E-state index contributed by atoms with van der Waals surface area (Å²) >= 11 is 0. The van der Waals surface area contributed by atoms with Crippen molar-refractivity contribution in [3.63, 3.8) is 0 Å². The Balaban J connectivity index is 1.47. The maximum absolute atomic E-state index is 14.0. The van der Waals surface area contributed by atoms with E-state index in [1.807, 2.05) is 4.90 Å². The van der Waals surface area contributed by atoms with E-state index < -0.39 is 29.6 Å². The summed E-state index contributed by atoms with van der Waals surface area (Å²) in [6, 6.07) is 10.1. The van der Waals surface area contributed by atoms with Crippen molar-refractivity contribution in [3.05, 3.63) is 59.9 Å². The second-order valence-corrected chi connectivity index (χ2v) is 7.47. The number of nitrogens with zero attached hydrogens (tertiary/aromatic N) is 2. The van der Waals surface area contributed by atoms with E-state index in [0.29, 0.717) is 31.9 Å². The number of hydrogen-bond donors (Lipinski definition) is 1. The third kappa shape index (κ3) is 3.77. The van der Waals surface area contributed by atoms with Gasteiger partial charge < -0.3 is 9.80 Å². The first-order valence-electron chi connectivity index (χ1n) is 9.64. The zero-order valence-electron chi connectivity index (χ0n) is 16.0. The summed E-state index contributed by atoms with van der Waals surface area (Å²) in [5.41, 5.74) is -0.474. The molecular formula is C21H20F4N3O2+. The number of anilines is 2. The van der Waals surface area contributed by atoms with Crippen LogP contribution in [-0.4, -0.2) is 44.0 Å². The fourth-order valence-electron chi connectivity index (χ4n) is 4.13. The van der Waals surface area contributed by atoms with Gasteiger partial charge in [0.05, 0.1) is 49.5 Å². The standard InChI is InChI=1S/C21H19F4N3O2/c22-16-6-1-2-7-17(16)26-8-10-27(11-9-26)18-13-19(29)28(20(18)30)15-5-3-4-14(12-15)21(23,24)25/h1-7,12,18H,8-11,13H2/p+1/t18-/m0/s1. The van der Waals surface area contributed by atoms with Crippen molar-refractivity contribution in [1.29, 1.82) is 0 Å². The summed E-state index contributed by atoms with van der Waals surface area (Å²) in [7, 11) is 0. The van der Waals surface area contributed by atoms with E-state index in [-0.39, 0.29) is 17.9 Å². The summed E-state index contributed by atoms with van der Waals surface area (Å²) in [5.74, 6) is -1.31. The number of amides is 2. The number of para-hydroxylation sites is 1. The van der Waals surface area contributed by atoms with Gasteiger partial charge in [-0.15, -0.1) is 0 Å². The number of carbonyl (C=O) groups excluding carboxylic acids is 2. The molecule has 30 heavy (non-hydrogen) atoms. The molecule has 2 amide bonds. The summed E-state index contributed by atoms with van der Waals surface area (Å²) in [6.07, 6.45) is -4.61. The van der Waals surface area contributed by atoms with Gasteiger partial charge in [0.1, 0.15) is 5.82 Å². The zero-order valence-corrected chi connectivity index (χ0v) is 16.0. The van der Waals surface area contributed by atoms with Gasteiger partial charge in [-0.25, -0.2) is 9.29 Å². The molecule has 0 unspecified atom stereocenters. The largest absolute Gasteiger partial charge is 0.416 e. The topological polar surface area (TPSA) is 45.1 Å². The summed E-state index contributed by atoms with van der Waals surface area (Å²) in [4.78, 5) is 29.0. The van der Waals surface area contributed by atoms with Gasteiger partial charge in [-0.3, -0.25) is 9.59 Å². The number of alkyl halides is 3. The van der Waals surface area contributed by atoms with Gasteiger partial charge in [-0.1, -0.05) is 18.2 Å². The molecule has 2 saturated heterocycles.